The number of hydrogen-bond donors (Lipinski definition) is 1. The van der Waals surface area contributed by atoms with Gasteiger partial charge in [-0.15, -0.1) is 0 Å². The molecule has 9 heteroatoms. The highest BCUT2D eigenvalue weighted by molar-refractivity contribution is 5.91. The summed E-state index contributed by atoms with van der Waals surface area (Å²) in [6.45, 7) is 2.10. The Morgan fingerprint density at radius 2 is 2.00 bits per heavy atom. The van der Waals surface area contributed by atoms with Crippen molar-refractivity contribution >= 4 is 17.8 Å². The first-order valence-electron chi connectivity index (χ1n) is 7.85. The number of hydrogen-bond acceptors (Lipinski definition) is 8. The average molecular weight is 328 g/mol. The Morgan fingerprint density at radius 3 is 2.67 bits per heavy atom. The number of nitrogens with one attached hydrogen (secondary N) is 1. The molecule has 0 unspecified atom stereocenters. The number of carbonyl (C=O) groups excluding carboxylic acids is 1. The molecule has 0 saturated carbocycles. The highest BCUT2D eigenvalue weighted by Gasteiger charge is 2.18. The summed E-state index contributed by atoms with van der Waals surface area (Å²) >= 11 is 0. The summed E-state index contributed by atoms with van der Waals surface area (Å²) < 4.78 is 0. The lowest BCUT2D eigenvalue weighted by Gasteiger charge is -2.18. The molecule has 126 valence electrons. The summed E-state index contributed by atoms with van der Waals surface area (Å²) in [6.07, 6.45) is 6.70. The third-order valence-electron chi connectivity index (χ3n) is 3.65. The standard InChI is InChI=1S/C15H20N8O/c1-22(2)14-19-12(20-15(21-14)23-7-3-4-8-23)10-18-13(24)11-9-16-5-6-17-11/h5-6,9H,3-4,7-8,10H2,1-2H3,(H,18,24). The van der Waals surface area contributed by atoms with Crippen molar-refractivity contribution in [2.45, 2.75) is 19.4 Å². The van der Waals surface area contributed by atoms with Gasteiger partial charge >= 0.3 is 0 Å². The fourth-order valence-electron chi connectivity index (χ4n) is 2.40. The maximum Gasteiger partial charge on any atom is 0.271 e. The van der Waals surface area contributed by atoms with Gasteiger partial charge in [0.05, 0.1) is 12.7 Å². The highest BCUT2D eigenvalue weighted by Crippen LogP contribution is 2.17. The molecule has 3 heterocycles. The summed E-state index contributed by atoms with van der Waals surface area (Å²) in [5.41, 5.74) is 0.263. The SMILES string of the molecule is CN(C)c1nc(CNC(=O)c2cnccn2)nc(N2CCCC2)n1. The van der Waals surface area contributed by atoms with E-state index in [0.717, 1.165) is 25.9 Å². The van der Waals surface area contributed by atoms with Crippen molar-refractivity contribution in [3.05, 3.63) is 30.1 Å². The van der Waals surface area contributed by atoms with Gasteiger partial charge in [0.2, 0.25) is 11.9 Å². The summed E-state index contributed by atoms with van der Waals surface area (Å²) in [6, 6.07) is 0. The van der Waals surface area contributed by atoms with Crippen LogP contribution < -0.4 is 15.1 Å². The van der Waals surface area contributed by atoms with E-state index in [9.17, 15) is 4.79 Å². The van der Waals surface area contributed by atoms with Crippen molar-refractivity contribution in [3.63, 3.8) is 0 Å². The topological polar surface area (TPSA) is 100 Å². The number of anilines is 2. The fourth-order valence-corrected chi connectivity index (χ4v) is 2.40. The maximum absolute atomic E-state index is 12.1. The van der Waals surface area contributed by atoms with Gasteiger partial charge in [-0.05, 0) is 12.8 Å². The molecule has 0 aromatic carbocycles. The van der Waals surface area contributed by atoms with Gasteiger partial charge in [0.1, 0.15) is 5.69 Å². The van der Waals surface area contributed by atoms with E-state index in [2.05, 4.69) is 35.1 Å². The number of aromatic nitrogens is 5. The van der Waals surface area contributed by atoms with Gasteiger partial charge in [0.25, 0.3) is 5.91 Å². The van der Waals surface area contributed by atoms with E-state index >= 15 is 0 Å². The largest absolute Gasteiger partial charge is 0.347 e. The van der Waals surface area contributed by atoms with E-state index in [-0.39, 0.29) is 18.1 Å². The van der Waals surface area contributed by atoms with E-state index in [1.54, 1.807) is 0 Å². The minimum atomic E-state index is -0.308. The molecule has 3 rings (SSSR count). The molecular formula is C15H20N8O. The first-order valence-corrected chi connectivity index (χ1v) is 7.85. The second-order valence-corrected chi connectivity index (χ2v) is 5.71. The van der Waals surface area contributed by atoms with Crippen LogP contribution >= 0.6 is 0 Å². The van der Waals surface area contributed by atoms with Crippen molar-refractivity contribution < 1.29 is 4.79 Å². The monoisotopic (exact) mass is 328 g/mol. The molecule has 0 spiro atoms. The van der Waals surface area contributed by atoms with Crippen LogP contribution in [0.15, 0.2) is 18.6 Å². The van der Waals surface area contributed by atoms with Gasteiger partial charge in [0, 0.05) is 39.6 Å². The number of amides is 1. The Morgan fingerprint density at radius 1 is 1.21 bits per heavy atom. The molecule has 2 aromatic heterocycles. The predicted octanol–water partition coefficient (Wildman–Crippen LogP) is 0.258. The van der Waals surface area contributed by atoms with Crippen LogP contribution in [0.4, 0.5) is 11.9 Å². The summed E-state index contributed by atoms with van der Waals surface area (Å²) in [4.78, 5) is 37.3. The minimum absolute atomic E-state index is 0.208. The molecule has 1 N–H and O–H groups in total. The molecule has 1 aliphatic heterocycles. The molecule has 2 aromatic rings. The lowest BCUT2D eigenvalue weighted by Crippen LogP contribution is -2.28. The second kappa shape index (κ2) is 7.16. The van der Waals surface area contributed by atoms with Gasteiger partial charge in [-0.25, -0.2) is 4.98 Å². The van der Waals surface area contributed by atoms with Crippen LogP contribution in [0.5, 0.6) is 0 Å². The minimum Gasteiger partial charge on any atom is -0.347 e. The van der Waals surface area contributed by atoms with E-state index in [1.807, 2.05) is 19.0 Å². The van der Waals surface area contributed by atoms with Gasteiger partial charge in [-0.2, -0.15) is 15.0 Å². The molecule has 0 atom stereocenters. The Labute approximate surface area is 140 Å². The maximum atomic E-state index is 12.1. The first-order chi connectivity index (χ1) is 11.6. The van der Waals surface area contributed by atoms with Crippen LogP contribution in [0.1, 0.15) is 29.2 Å². The predicted molar refractivity (Wildman–Crippen MR) is 88.8 cm³/mol. The van der Waals surface area contributed by atoms with Crippen molar-refractivity contribution in [2.75, 3.05) is 37.0 Å². The smallest absolute Gasteiger partial charge is 0.271 e. The Hall–Kier alpha value is -2.84. The van der Waals surface area contributed by atoms with Crippen molar-refractivity contribution in [2.24, 2.45) is 0 Å². The molecule has 0 bridgehead atoms. The lowest BCUT2D eigenvalue weighted by molar-refractivity contribution is 0.0944. The number of nitrogens with zero attached hydrogens (tertiary/aromatic N) is 7. The molecule has 1 aliphatic rings. The van der Waals surface area contributed by atoms with E-state index < -0.39 is 0 Å². The molecule has 24 heavy (non-hydrogen) atoms. The molecule has 0 radical (unpaired) electrons. The summed E-state index contributed by atoms with van der Waals surface area (Å²) in [5.74, 6) is 1.45. The van der Waals surface area contributed by atoms with E-state index in [4.69, 9.17) is 0 Å². The zero-order valence-electron chi connectivity index (χ0n) is 13.8. The second-order valence-electron chi connectivity index (χ2n) is 5.71. The third-order valence-corrected chi connectivity index (χ3v) is 3.65. The summed E-state index contributed by atoms with van der Waals surface area (Å²) in [5, 5.41) is 2.77. The quantitative estimate of drug-likeness (QED) is 0.834. The van der Waals surface area contributed by atoms with E-state index in [1.165, 1.54) is 18.6 Å². The molecule has 0 aliphatic carbocycles. The molecule has 1 saturated heterocycles. The normalized spacial score (nSPS) is 13.8. The van der Waals surface area contributed by atoms with Crippen LogP contribution in [-0.2, 0) is 6.54 Å². The third kappa shape index (κ3) is 3.73. The molecule has 9 nitrogen and oxygen atoms in total. The van der Waals surface area contributed by atoms with Crippen molar-refractivity contribution in [1.82, 2.24) is 30.2 Å². The Bertz CT molecular complexity index is 700. The fraction of sp³-hybridized carbons (Fsp3) is 0.467. The highest BCUT2D eigenvalue weighted by atomic mass is 16.1. The molecule has 1 fully saturated rings. The zero-order chi connectivity index (χ0) is 16.9. The van der Waals surface area contributed by atoms with Crippen molar-refractivity contribution in [3.8, 4) is 0 Å². The zero-order valence-corrected chi connectivity index (χ0v) is 13.8. The summed E-state index contributed by atoms with van der Waals surface area (Å²) in [7, 11) is 3.76. The Balaban J connectivity index is 1.75. The van der Waals surface area contributed by atoms with Gasteiger partial charge in [-0.3, -0.25) is 9.78 Å². The van der Waals surface area contributed by atoms with Crippen LogP contribution in [0.3, 0.4) is 0 Å². The lowest BCUT2D eigenvalue weighted by atomic mass is 10.4. The Kier molecular flexibility index (Phi) is 4.78. The molecule has 1 amide bonds. The van der Waals surface area contributed by atoms with Crippen molar-refractivity contribution in [1.29, 1.82) is 0 Å². The molecular weight excluding hydrogens is 308 g/mol. The van der Waals surface area contributed by atoms with Crippen LogP contribution in [0, 0.1) is 0 Å². The van der Waals surface area contributed by atoms with Crippen LogP contribution in [0.25, 0.3) is 0 Å². The van der Waals surface area contributed by atoms with Gasteiger partial charge in [-0.1, -0.05) is 0 Å². The van der Waals surface area contributed by atoms with Crippen LogP contribution in [-0.4, -0.2) is 58.0 Å². The number of carbonyl (C=O) groups is 1. The first kappa shape index (κ1) is 16.0. The van der Waals surface area contributed by atoms with Crippen LogP contribution in [0.2, 0.25) is 0 Å². The number of rotatable bonds is 5. The average Bonchev–Trinajstić information content (AvgIpc) is 3.15. The van der Waals surface area contributed by atoms with E-state index in [0.29, 0.717) is 17.7 Å². The van der Waals surface area contributed by atoms with Gasteiger partial charge < -0.3 is 15.1 Å². The van der Waals surface area contributed by atoms with Gasteiger partial charge in [0.15, 0.2) is 5.82 Å².